The van der Waals surface area contributed by atoms with E-state index in [-0.39, 0.29) is 0 Å². The summed E-state index contributed by atoms with van der Waals surface area (Å²) in [5.41, 5.74) is 0. The predicted molar refractivity (Wildman–Crippen MR) is 75.8 cm³/mol. The molecule has 0 heterocycles. The Morgan fingerprint density at radius 3 is 2.31 bits per heavy atom. The molecule has 2 heteroatoms. The summed E-state index contributed by atoms with van der Waals surface area (Å²) in [6.45, 7) is 9.16. The first kappa shape index (κ1) is 14.4. The van der Waals surface area contributed by atoms with Crippen LogP contribution in [0.15, 0.2) is 0 Å². The van der Waals surface area contributed by atoms with Crippen LogP contribution in [0.2, 0.25) is 0 Å². The lowest BCUT2D eigenvalue weighted by molar-refractivity contribution is 0.282. The van der Waals surface area contributed by atoms with Crippen LogP contribution in [0, 0.1) is 5.92 Å². The highest BCUT2D eigenvalue weighted by atomic mass is 32.2. The van der Waals surface area contributed by atoms with Crippen molar-refractivity contribution in [1.82, 2.24) is 4.72 Å². The van der Waals surface area contributed by atoms with Crippen LogP contribution in [0.1, 0.15) is 72.6 Å². The Balaban J connectivity index is 2.39. The third-order valence-electron chi connectivity index (χ3n) is 3.34. The molecule has 0 radical (unpaired) electrons. The van der Waals surface area contributed by atoms with E-state index in [1.165, 1.54) is 44.9 Å². The molecule has 1 nitrogen and oxygen atoms in total. The van der Waals surface area contributed by atoms with E-state index >= 15 is 0 Å². The maximum absolute atomic E-state index is 3.75. The van der Waals surface area contributed by atoms with Crippen LogP contribution in [0.3, 0.4) is 0 Å². The van der Waals surface area contributed by atoms with Gasteiger partial charge in [0.15, 0.2) is 0 Å². The topological polar surface area (TPSA) is 12.0 Å². The quantitative estimate of drug-likeness (QED) is 0.698. The Morgan fingerprint density at radius 2 is 1.81 bits per heavy atom. The monoisotopic (exact) mass is 243 g/mol. The van der Waals surface area contributed by atoms with Gasteiger partial charge in [0.1, 0.15) is 0 Å². The first-order chi connectivity index (χ1) is 7.53. The molecule has 1 aliphatic carbocycles. The molecule has 0 aromatic rings. The molecule has 0 spiro atoms. The van der Waals surface area contributed by atoms with Gasteiger partial charge in [0, 0.05) is 10.8 Å². The summed E-state index contributed by atoms with van der Waals surface area (Å²) < 4.78 is 4.08. The van der Waals surface area contributed by atoms with E-state index in [4.69, 9.17) is 0 Å². The zero-order valence-electron chi connectivity index (χ0n) is 11.5. The van der Waals surface area contributed by atoms with E-state index < -0.39 is 0 Å². The molecule has 16 heavy (non-hydrogen) atoms. The van der Waals surface area contributed by atoms with Crippen molar-refractivity contribution in [3.8, 4) is 0 Å². The molecule has 1 rings (SSSR count). The van der Waals surface area contributed by atoms with Crippen molar-refractivity contribution < 1.29 is 0 Å². The first-order valence-corrected chi connectivity index (χ1v) is 7.78. The smallest absolute Gasteiger partial charge is 0.0220 e. The van der Waals surface area contributed by atoms with Crippen LogP contribution in [0.25, 0.3) is 0 Å². The molecule has 0 amide bonds. The third-order valence-corrected chi connectivity index (χ3v) is 4.37. The van der Waals surface area contributed by atoms with Gasteiger partial charge in [-0.1, -0.05) is 44.6 Å². The van der Waals surface area contributed by atoms with Crippen molar-refractivity contribution >= 4 is 11.9 Å². The van der Waals surface area contributed by atoms with E-state index in [1.54, 1.807) is 0 Å². The van der Waals surface area contributed by atoms with Crippen molar-refractivity contribution in [2.75, 3.05) is 0 Å². The van der Waals surface area contributed by atoms with Crippen LogP contribution >= 0.6 is 11.9 Å². The Hall–Kier alpha value is 0.310. The zero-order valence-corrected chi connectivity index (χ0v) is 12.3. The summed E-state index contributed by atoms with van der Waals surface area (Å²) in [6.07, 6.45) is 9.90. The second-order valence-corrected chi connectivity index (χ2v) is 7.79. The molecule has 0 saturated heterocycles. The van der Waals surface area contributed by atoms with Crippen molar-refractivity contribution in [1.29, 1.82) is 0 Å². The maximum Gasteiger partial charge on any atom is 0.0220 e. The van der Waals surface area contributed by atoms with Crippen molar-refractivity contribution in [2.24, 2.45) is 5.92 Å². The maximum atomic E-state index is 3.75. The van der Waals surface area contributed by atoms with Gasteiger partial charge in [-0.3, -0.25) is 4.72 Å². The minimum Gasteiger partial charge on any atom is -0.260 e. The Labute approximate surface area is 106 Å². The number of rotatable bonds is 5. The molecule has 0 aromatic heterocycles. The van der Waals surface area contributed by atoms with Gasteiger partial charge in [-0.2, -0.15) is 0 Å². The minimum absolute atomic E-state index is 0.334. The van der Waals surface area contributed by atoms with Gasteiger partial charge < -0.3 is 0 Å². The van der Waals surface area contributed by atoms with Crippen LogP contribution < -0.4 is 4.72 Å². The number of nitrogens with one attached hydrogen (secondary N) is 1. The van der Waals surface area contributed by atoms with Crippen molar-refractivity contribution in [2.45, 2.75) is 83.4 Å². The average molecular weight is 243 g/mol. The molecule has 96 valence electrons. The lowest BCUT2D eigenvalue weighted by Crippen LogP contribution is -2.35. The van der Waals surface area contributed by atoms with E-state index in [0.29, 0.717) is 4.75 Å². The van der Waals surface area contributed by atoms with E-state index in [2.05, 4.69) is 32.4 Å². The Bertz CT molecular complexity index is 180. The molecule has 0 aliphatic heterocycles. The van der Waals surface area contributed by atoms with Gasteiger partial charge in [-0.05, 0) is 46.0 Å². The highest BCUT2D eigenvalue weighted by Crippen LogP contribution is 2.31. The highest BCUT2D eigenvalue weighted by Gasteiger charge is 2.24. The van der Waals surface area contributed by atoms with Gasteiger partial charge in [-0.25, -0.2) is 0 Å². The molecule has 1 N–H and O–H groups in total. The first-order valence-electron chi connectivity index (χ1n) is 6.96. The van der Waals surface area contributed by atoms with Gasteiger partial charge in [0.05, 0.1) is 0 Å². The molecule has 1 atom stereocenters. The standard InChI is InChI=1S/C14H29NS/c1-5-9-13(15-16-14(2,3)4)12-10-7-6-8-11-12/h12-13,15H,5-11H2,1-4H3. The van der Waals surface area contributed by atoms with Crippen molar-refractivity contribution in [3.63, 3.8) is 0 Å². The van der Waals surface area contributed by atoms with E-state index in [9.17, 15) is 0 Å². The normalized spacial score (nSPS) is 21.0. The molecular weight excluding hydrogens is 214 g/mol. The second kappa shape index (κ2) is 6.90. The summed E-state index contributed by atoms with van der Waals surface area (Å²) in [5, 5.41) is 0. The molecular formula is C14H29NS. The van der Waals surface area contributed by atoms with Gasteiger partial charge in [0.2, 0.25) is 0 Å². The van der Waals surface area contributed by atoms with Crippen LogP contribution in [0.5, 0.6) is 0 Å². The molecule has 1 unspecified atom stereocenters. The Kier molecular flexibility index (Phi) is 6.20. The van der Waals surface area contributed by atoms with Crippen LogP contribution in [-0.2, 0) is 0 Å². The fraction of sp³-hybridized carbons (Fsp3) is 1.00. The van der Waals surface area contributed by atoms with Gasteiger partial charge in [0.25, 0.3) is 0 Å². The Morgan fingerprint density at radius 1 is 1.19 bits per heavy atom. The molecule has 0 aromatic carbocycles. The molecule has 1 fully saturated rings. The molecule has 1 aliphatic rings. The van der Waals surface area contributed by atoms with Gasteiger partial charge >= 0.3 is 0 Å². The number of hydrogen-bond acceptors (Lipinski definition) is 2. The average Bonchev–Trinajstić information content (AvgIpc) is 2.24. The van der Waals surface area contributed by atoms with Crippen molar-refractivity contribution in [3.05, 3.63) is 0 Å². The summed E-state index contributed by atoms with van der Waals surface area (Å²) in [7, 11) is 0. The van der Waals surface area contributed by atoms with E-state index in [0.717, 1.165) is 12.0 Å². The summed E-state index contributed by atoms with van der Waals surface area (Å²) in [6, 6.07) is 0.745. The molecule has 1 saturated carbocycles. The summed E-state index contributed by atoms with van der Waals surface area (Å²) in [5.74, 6) is 0.934. The lowest BCUT2D eigenvalue weighted by Gasteiger charge is -2.32. The third kappa shape index (κ3) is 5.58. The van der Waals surface area contributed by atoms with Gasteiger partial charge in [-0.15, -0.1) is 0 Å². The van der Waals surface area contributed by atoms with Crippen LogP contribution in [-0.4, -0.2) is 10.8 Å². The highest BCUT2D eigenvalue weighted by molar-refractivity contribution is 7.98. The summed E-state index contributed by atoms with van der Waals surface area (Å²) >= 11 is 1.93. The molecule has 0 bridgehead atoms. The lowest BCUT2D eigenvalue weighted by atomic mass is 9.83. The predicted octanol–water partition coefficient (Wildman–Crippen LogP) is 4.77. The summed E-state index contributed by atoms with van der Waals surface area (Å²) in [4.78, 5) is 0. The van der Waals surface area contributed by atoms with Crippen LogP contribution in [0.4, 0.5) is 0 Å². The minimum atomic E-state index is 0.334. The van der Waals surface area contributed by atoms with E-state index in [1.807, 2.05) is 11.9 Å². The number of hydrogen-bond donors (Lipinski definition) is 1. The largest absolute Gasteiger partial charge is 0.260 e. The fourth-order valence-electron chi connectivity index (χ4n) is 2.49. The second-order valence-electron chi connectivity index (χ2n) is 6.13. The zero-order chi connectivity index (χ0) is 12.0. The SMILES string of the molecule is CCCC(NSC(C)(C)C)C1CCCCC1. The fourth-order valence-corrected chi connectivity index (χ4v) is 3.31.